The van der Waals surface area contributed by atoms with Crippen molar-refractivity contribution in [1.82, 2.24) is 10.2 Å². The van der Waals surface area contributed by atoms with E-state index in [1.54, 1.807) is 13.2 Å². The zero-order valence-electron chi connectivity index (χ0n) is 12.9. The number of hydrogen-bond acceptors (Lipinski definition) is 5. The summed E-state index contributed by atoms with van der Waals surface area (Å²) in [6.07, 6.45) is 0.150. The molecule has 2 heterocycles. The second-order valence-corrected chi connectivity index (χ2v) is 5.30. The van der Waals surface area contributed by atoms with Gasteiger partial charge in [-0.3, -0.25) is 19.6 Å². The van der Waals surface area contributed by atoms with Gasteiger partial charge in [0.2, 0.25) is 5.91 Å². The number of H-pyrrole nitrogens is 1. The van der Waals surface area contributed by atoms with Gasteiger partial charge in [-0.25, -0.2) is 0 Å². The average molecular weight is 315 g/mol. The number of hydrogen-bond donors (Lipinski definition) is 1. The Labute approximate surface area is 133 Å². The number of amides is 1. The second kappa shape index (κ2) is 6.12. The minimum atomic E-state index is -0.436. The average Bonchev–Trinajstić information content (AvgIpc) is 3.21. The Balaban J connectivity index is 1.79. The summed E-state index contributed by atoms with van der Waals surface area (Å²) in [7, 11) is 2.94. The topological polar surface area (TPSA) is 84.5 Å². The molecule has 1 amide bonds. The van der Waals surface area contributed by atoms with Crippen molar-refractivity contribution in [2.75, 3.05) is 25.7 Å². The van der Waals surface area contributed by atoms with Gasteiger partial charge in [-0.1, -0.05) is 0 Å². The van der Waals surface area contributed by atoms with E-state index in [4.69, 9.17) is 9.47 Å². The van der Waals surface area contributed by atoms with E-state index in [2.05, 4.69) is 10.2 Å². The van der Waals surface area contributed by atoms with Gasteiger partial charge >= 0.3 is 5.97 Å². The molecule has 1 aromatic heterocycles. The fourth-order valence-electron chi connectivity index (χ4n) is 2.62. The number of aromatic amines is 1. The normalized spacial score (nSPS) is 17.4. The molecule has 0 radical (unpaired) electrons. The number of carbonyl (C=O) groups is 2. The molecule has 2 aromatic rings. The van der Waals surface area contributed by atoms with Gasteiger partial charge in [-0.05, 0) is 29.8 Å². The third-order valence-corrected chi connectivity index (χ3v) is 3.90. The molecule has 0 aliphatic carbocycles. The molecule has 1 aliphatic rings. The highest BCUT2D eigenvalue weighted by atomic mass is 16.5. The molecule has 1 N–H and O–H groups in total. The monoisotopic (exact) mass is 315 g/mol. The molecule has 1 aromatic carbocycles. The summed E-state index contributed by atoms with van der Waals surface area (Å²) in [4.78, 5) is 25.2. The van der Waals surface area contributed by atoms with E-state index in [0.717, 1.165) is 17.0 Å². The van der Waals surface area contributed by atoms with E-state index in [1.807, 2.05) is 24.3 Å². The lowest BCUT2D eigenvalue weighted by atomic mass is 10.1. The summed E-state index contributed by atoms with van der Waals surface area (Å²) < 4.78 is 9.83. The van der Waals surface area contributed by atoms with Gasteiger partial charge in [0.15, 0.2) is 5.82 Å². The minimum absolute atomic E-state index is 0.131. The summed E-state index contributed by atoms with van der Waals surface area (Å²) in [6.45, 7) is 0.290. The number of nitrogens with zero attached hydrogens (tertiary/aromatic N) is 2. The molecule has 0 saturated carbocycles. The first-order chi connectivity index (χ1) is 11.1. The molecular formula is C16H17N3O4. The van der Waals surface area contributed by atoms with Crippen LogP contribution < -0.4 is 9.64 Å². The van der Waals surface area contributed by atoms with Crippen LogP contribution >= 0.6 is 0 Å². The van der Waals surface area contributed by atoms with Crippen molar-refractivity contribution < 1.29 is 19.1 Å². The number of nitrogens with one attached hydrogen (secondary N) is 1. The van der Waals surface area contributed by atoms with Crippen LogP contribution in [0.1, 0.15) is 6.42 Å². The summed E-state index contributed by atoms with van der Waals surface area (Å²) in [6, 6.07) is 9.30. The van der Waals surface area contributed by atoms with E-state index in [-0.39, 0.29) is 18.3 Å². The van der Waals surface area contributed by atoms with Crippen molar-refractivity contribution in [3.63, 3.8) is 0 Å². The van der Waals surface area contributed by atoms with Gasteiger partial charge in [0.05, 0.1) is 25.8 Å². The second-order valence-electron chi connectivity index (χ2n) is 5.30. The zero-order valence-corrected chi connectivity index (χ0v) is 12.9. The van der Waals surface area contributed by atoms with Crippen LogP contribution in [0.3, 0.4) is 0 Å². The minimum Gasteiger partial charge on any atom is -0.497 e. The van der Waals surface area contributed by atoms with Gasteiger partial charge in [-0.15, -0.1) is 0 Å². The first-order valence-corrected chi connectivity index (χ1v) is 7.20. The van der Waals surface area contributed by atoms with Crippen LogP contribution in [0.5, 0.6) is 5.75 Å². The van der Waals surface area contributed by atoms with Gasteiger partial charge in [0, 0.05) is 19.0 Å². The van der Waals surface area contributed by atoms with Crippen molar-refractivity contribution in [3.8, 4) is 17.0 Å². The zero-order chi connectivity index (χ0) is 16.4. The Hall–Kier alpha value is -2.83. The summed E-state index contributed by atoms with van der Waals surface area (Å²) in [5.41, 5.74) is 1.72. The van der Waals surface area contributed by atoms with Crippen molar-refractivity contribution in [2.45, 2.75) is 6.42 Å². The number of ether oxygens (including phenoxy) is 2. The molecule has 7 heteroatoms. The molecule has 0 spiro atoms. The molecule has 3 rings (SSSR count). The Kier molecular flexibility index (Phi) is 4.01. The largest absolute Gasteiger partial charge is 0.497 e. The predicted octanol–water partition coefficient (Wildman–Crippen LogP) is 1.61. The summed E-state index contributed by atoms with van der Waals surface area (Å²) >= 11 is 0. The lowest BCUT2D eigenvalue weighted by molar-refractivity contribution is -0.145. The van der Waals surface area contributed by atoms with Crippen molar-refractivity contribution >= 4 is 17.7 Å². The molecule has 1 fully saturated rings. The lowest BCUT2D eigenvalue weighted by Crippen LogP contribution is -2.26. The molecule has 1 atom stereocenters. The number of rotatable bonds is 4. The maximum absolute atomic E-state index is 12.1. The number of esters is 1. The van der Waals surface area contributed by atoms with Gasteiger partial charge in [0.25, 0.3) is 0 Å². The Morgan fingerprint density at radius 3 is 2.70 bits per heavy atom. The third kappa shape index (κ3) is 2.90. The van der Waals surface area contributed by atoms with Gasteiger partial charge in [-0.2, -0.15) is 5.10 Å². The maximum Gasteiger partial charge on any atom is 0.311 e. The Morgan fingerprint density at radius 2 is 2.04 bits per heavy atom. The smallest absolute Gasteiger partial charge is 0.311 e. The molecule has 0 bridgehead atoms. The van der Waals surface area contributed by atoms with Gasteiger partial charge in [0.1, 0.15) is 5.75 Å². The molecule has 1 unspecified atom stereocenters. The number of carbonyl (C=O) groups excluding carboxylic acids is 2. The quantitative estimate of drug-likeness (QED) is 0.867. The number of anilines is 1. The fourth-order valence-corrected chi connectivity index (χ4v) is 2.62. The lowest BCUT2D eigenvalue weighted by Gasteiger charge is -2.12. The first-order valence-electron chi connectivity index (χ1n) is 7.20. The summed E-state index contributed by atoms with van der Waals surface area (Å²) in [5, 5.41) is 7.10. The van der Waals surface area contributed by atoms with Crippen LogP contribution in [0, 0.1) is 5.92 Å². The number of benzene rings is 1. The van der Waals surface area contributed by atoms with Crippen LogP contribution in [0.2, 0.25) is 0 Å². The molecule has 7 nitrogen and oxygen atoms in total. The highest BCUT2D eigenvalue weighted by Gasteiger charge is 2.36. The fraction of sp³-hybridized carbons (Fsp3) is 0.312. The van der Waals surface area contributed by atoms with E-state index in [9.17, 15) is 9.59 Å². The molecule has 23 heavy (non-hydrogen) atoms. The number of methoxy groups -OCH3 is 2. The highest BCUT2D eigenvalue weighted by molar-refractivity contribution is 5.99. The summed E-state index contributed by atoms with van der Waals surface area (Å²) in [5.74, 6) is 0.338. The predicted molar refractivity (Wildman–Crippen MR) is 83.1 cm³/mol. The number of aromatic nitrogens is 2. The Bertz CT molecular complexity index is 723. The van der Waals surface area contributed by atoms with Crippen molar-refractivity contribution in [2.24, 2.45) is 5.92 Å². The van der Waals surface area contributed by atoms with Crippen molar-refractivity contribution in [1.29, 1.82) is 0 Å². The molecule has 1 saturated heterocycles. The van der Waals surface area contributed by atoms with Crippen LogP contribution in [0.25, 0.3) is 11.3 Å². The molecule has 1 aliphatic heterocycles. The van der Waals surface area contributed by atoms with Crippen LogP contribution in [0.15, 0.2) is 30.3 Å². The first kappa shape index (κ1) is 15.1. The van der Waals surface area contributed by atoms with Crippen LogP contribution in [-0.2, 0) is 14.3 Å². The molecule has 120 valence electrons. The van der Waals surface area contributed by atoms with Crippen LogP contribution in [-0.4, -0.2) is 42.8 Å². The molecular weight excluding hydrogens is 298 g/mol. The standard InChI is InChI=1S/C16H17N3O4/c1-22-12-5-3-10(4-6-12)13-8-14(18-17-13)19-9-11(7-15(19)20)16(21)23-2/h3-6,8,11H,7,9H2,1-2H3,(H,17,18). The van der Waals surface area contributed by atoms with E-state index in [0.29, 0.717) is 12.4 Å². The van der Waals surface area contributed by atoms with Crippen molar-refractivity contribution in [3.05, 3.63) is 30.3 Å². The van der Waals surface area contributed by atoms with Crippen LogP contribution in [0.4, 0.5) is 5.82 Å². The highest BCUT2D eigenvalue weighted by Crippen LogP contribution is 2.28. The SMILES string of the molecule is COC(=O)C1CC(=O)N(c2cc(-c3ccc(OC)cc3)[nH]n2)C1. The Morgan fingerprint density at radius 1 is 1.30 bits per heavy atom. The maximum atomic E-state index is 12.1. The van der Waals surface area contributed by atoms with E-state index >= 15 is 0 Å². The van der Waals surface area contributed by atoms with Gasteiger partial charge < -0.3 is 9.47 Å². The third-order valence-electron chi connectivity index (χ3n) is 3.90. The van der Waals surface area contributed by atoms with E-state index < -0.39 is 5.92 Å². The van der Waals surface area contributed by atoms with E-state index in [1.165, 1.54) is 12.0 Å².